The minimum Gasteiger partial charge on any atom is -0.290 e. The molecule has 3 nitrogen and oxygen atoms in total. The first-order valence-corrected chi connectivity index (χ1v) is 3.85. The van der Waals surface area contributed by atoms with Crippen molar-refractivity contribution in [2.45, 2.75) is 0 Å². The van der Waals surface area contributed by atoms with E-state index in [4.69, 9.17) is 10.7 Å². The van der Waals surface area contributed by atoms with Crippen LogP contribution >= 0.6 is 10.7 Å². The monoisotopic (exact) mass is 151 g/mol. The van der Waals surface area contributed by atoms with Crippen LogP contribution < -0.4 is 0 Å². The van der Waals surface area contributed by atoms with E-state index in [0.29, 0.717) is 0 Å². The average Bonchev–Trinajstić information content (AvgIpc) is 1.61. The lowest BCUT2D eigenvalue weighted by Crippen LogP contribution is -2.28. The highest BCUT2D eigenvalue weighted by Crippen LogP contribution is 2.03. The lowest BCUT2D eigenvalue weighted by Gasteiger charge is -2.04. The van der Waals surface area contributed by atoms with Crippen LogP contribution in [-0.2, 0) is 14.8 Å². The van der Waals surface area contributed by atoms with Crippen molar-refractivity contribution in [3.8, 4) is 0 Å². The summed E-state index contributed by atoms with van der Waals surface area (Å²) < 4.78 is 10.2. The predicted molar refractivity (Wildman–Crippen MR) is 31.3 cm³/mol. The van der Waals surface area contributed by atoms with Crippen molar-refractivity contribution >= 4 is 31.5 Å². The van der Waals surface area contributed by atoms with Crippen LogP contribution in [0.2, 0.25) is 0 Å². The Morgan fingerprint density at radius 3 is 2.38 bits per heavy atom. The van der Waals surface area contributed by atoms with Gasteiger partial charge < -0.3 is 0 Å². The number of rotatable bonds is 0. The summed E-state index contributed by atoms with van der Waals surface area (Å²) in [4.78, 5) is 13.7. The smallest absolute Gasteiger partial charge is 0.212 e. The maximum atomic E-state index is 10.3. The number of carbonyl (C=O) groups excluding carboxylic acids is 1. The highest BCUT2D eigenvalue weighted by molar-refractivity contribution is 8.22. The molecule has 0 fully saturated rings. The van der Waals surface area contributed by atoms with E-state index < -0.39 is 10.0 Å². The van der Waals surface area contributed by atoms with Crippen LogP contribution in [0.15, 0.2) is 4.99 Å². The molecule has 1 aliphatic rings. The van der Waals surface area contributed by atoms with Gasteiger partial charge >= 0.3 is 0 Å². The van der Waals surface area contributed by atoms with Crippen LogP contribution in [0.4, 0.5) is 0 Å². The van der Waals surface area contributed by atoms with Crippen molar-refractivity contribution in [3.05, 3.63) is 0 Å². The van der Waals surface area contributed by atoms with Gasteiger partial charge in [-0.2, -0.15) is 0 Å². The number of hydrogen-bond donors (Lipinski definition) is 0. The number of halogens is 1. The van der Waals surface area contributed by atoms with Crippen LogP contribution in [0, 0.1) is 0 Å². The maximum Gasteiger partial charge on any atom is 0.212 e. The molecule has 1 atom stereocenters. The Bertz CT molecular complexity index is 188. The van der Waals surface area contributed by atoms with E-state index in [1.165, 1.54) is 0 Å². The molecule has 5 heteroatoms. The quantitative estimate of drug-likeness (QED) is 0.453. The molecule has 44 valence electrons. The second kappa shape index (κ2) is 1.95. The normalized spacial score (nSPS) is 21.6. The highest BCUT2D eigenvalue weighted by atomic mass is 35.7. The third kappa shape index (κ3) is 0.809. The van der Waals surface area contributed by atoms with Gasteiger partial charge in [0.05, 0.1) is 0 Å². The van der Waals surface area contributed by atoms with Gasteiger partial charge in [0, 0.05) is 0 Å². The molecule has 0 saturated carbocycles. The molecule has 1 unspecified atom stereocenters. The van der Waals surface area contributed by atoms with Crippen molar-refractivity contribution < 1.29 is 9.00 Å². The van der Waals surface area contributed by atoms with Crippen LogP contribution in [-0.4, -0.2) is 21.6 Å². The van der Waals surface area contributed by atoms with E-state index in [-0.39, 0.29) is 17.4 Å². The molecule has 0 aromatic carbocycles. The summed E-state index contributed by atoms with van der Waals surface area (Å²) in [7, 11) is 3.31. The van der Waals surface area contributed by atoms with Gasteiger partial charge in [0.15, 0.2) is 15.1 Å². The molecule has 1 rings (SSSR count). The van der Waals surface area contributed by atoms with Crippen molar-refractivity contribution in [2.75, 3.05) is 6.54 Å². The van der Waals surface area contributed by atoms with E-state index in [2.05, 4.69) is 4.99 Å². The number of carbonyl (C=O) groups is 1. The van der Waals surface area contributed by atoms with Gasteiger partial charge in [-0.3, -0.25) is 9.79 Å². The van der Waals surface area contributed by atoms with Crippen LogP contribution in [0.1, 0.15) is 0 Å². The minimum absolute atomic E-state index is 0.00617. The summed E-state index contributed by atoms with van der Waals surface area (Å²) in [6, 6.07) is 0. The zero-order valence-electron chi connectivity index (χ0n) is 3.76. The first-order chi connectivity index (χ1) is 3.72. The number of ketones is 1. The zero-order valence-corrected chi connectivity index (χ0v) is 5.33. The fourth-order valence-corrected chi connectivity index (χ4v) is 1.16. The van der Waals surface area contributed by atoms with Gasteiger partial charge in [-0.1, -0.05) is 0 Å². The van der Waals surface area contributed by atoms with Crippen LogP contribution in [0.5, 0.6) is 0 Å². The molecule has 1 aliphatic heterocycles. The van der Waals surface area contributed by atoms with Gasteiger partial charge in [0.2, 0.25) is 5.78 Å². The summed E-state index contributed by atoms with van der Waals surface area (Å²) in [5.74, 6) is -0.210. The SMILES string of the molecule is O=C1CN=C1S(=O)Cl. The maximum absolute atomic E-state index is 10.3. The van der Waals surface area contributed by atoms with Gasteiger partial charge in [-0.25, -0.2) is 4.21 Å². The van der Waals surface area contributed by atoms with Gasteiger partial charge in [-0.05, 0) is 10.7 Å². The molecule has 0 amide bonds. The topological polar surface area (TPSA) is 46.5 Å². The number of Topliss-reactive ketones (excluding diaryl/α,β-unsaturated/α-hetero) is 1. The first-order valence-electron chi connectivity index (χ1n) is 1.87. The van der Waals surface area contributed by atoms with Gasteiger partial charge in [0.25, 0.3) is 0 Å². The third-order valence-electron chi connectivity index (χ3n) is 0.757. The van der Waals surface area contributed by atoms with E-state index in [0.717, 1.165) is 0 Å². The Balaban J connectivity index is 2.76. The van der Waals surface area contributed by atoms with Gasteiger partial charge in [0.1, 0.15) is 6.54 Å². The molecule has 0 N–H and O–H groups in total. The lowest BCUT2D eigenvalue weighted by atomic mass is 10.3. The summed E-state index contributed by atoms with van der Waals surface area (Å²) in [6.45, 7) is 0.147. The summed E-state index contributed by atoms with van der Waals surface area (Å²) in [6.07, 6.45) is 0. The Morgan fingerprint density at radius 2 is 2.38 bits per heavy atom. The van der Waals surface area contributed by atoms with Crippen molar-refractivity contribution in [1.82, 2.24) is 0 Å². The second-order valence-electron chi connectivity index (χ2n) is 1.27. The summed E-state index contributed by atoms with van der Waals surface area (Å²) in [5, 5.41) is 0.00617. The molecule has 0 aromatic rings. The largest absolute Gasteiger partial charge is 0.290 e. The van der Waals surface area contributed by atoms with E-state index in [1.54, 1.807) is 0 Å². The molecule has 0 bridgehead atoms. The number of nitrogens with zero attached hydrogens (tertiary/aromatic N) is 1. The fraction of sp³-hybridized carbons (Fsp3) is 0.333. The Kier molecular flexibility index (Phi) is 1.44. The molecule has 8 heavy (non-hydrogen) atoms. The standard InChI is InChI=1S/C3H2ClNO2S/c4-8(7)3-2(6)1-5-3/h1H2. The third-order valence-corrected chi connectivity index (χ3v) is 1.86. The molecular formula is C3H2ClNO2S. The molecule has 0 saturated heterocycles. The van der Waals surface area contributed by atoms with E-state index >= 15 is 0 Å². The molecule has 0 aromatic heterocycles. The fourth-order valence-electron chi connectivity index (χ4n) is 0.348. The number of aliphatic imine (C=N–C) groups is 1. The summed E-state index contributed by atoms with van der Waals surface area (Å²) in [5.41, 5.74) is 0. The molecular weight excluding hydrogens is 150 g/mol. The van der Waals surface area contributed by atoms with E-state index in [9.17, 15) is 9.00 Å². The molecule has 1 heterocycles. The minimum atomic E-state index is -1.68. The van der Waals surface area contributed by atoms with Crippen molar-refractivity contribution in [3.63, 3.8) is 0 Å². The highest BCUT2D eigenvalue weighted by Gasteiger charge is 2.23. The number of hydrogen-bond acceptors (Lipinski definition) is 3. The predicted octanol–water partition coefficient (Wildman–Crippen LogP) is -0.130. The van der Waals surface area contributed by atoms with Crippen molar-refractivity contribution in [2.24, 2.45) is 4.99 Å². The van der Waals surface area contributed by atoms with Crippen molar-refractivity contribution in [1.29, 1.82) is 0 Å². The first kappa shape index (κ1) is 5.91. The molecule has 0 aliphatic carbocycles. The van der Waals surface area contributed by atoms with E-state index in [1.807, 2.05) is 0 Å². The second-order valence-corrected chi connectivity index (χ2v) is 2.94. The Hall–Kier alpha value is -0.220. The lowest BCUT2D eigenvalue weighted by molar-refractivity contribution is -0.112. The molecule has 0 radical (unpaired) electrons. The molecule has 0 spiro atoms. The zero-order chi connectivity index (χ0) is 6.15. The Labute approximate surface area is 52.7 Å². The van der Waals surface area contributed by atoms with Crippen LogP contribution in [0.25, 0.3) is 0 Å². The van der Waals surface area contributed by atoms with Gasteiger partial charge in [-0.15, -0.1) is 0 Å². The Morgan fingerprint density at radius 1 is 1.75 bits per heavy atom. The van der Waals surface area contributed by atoms with Crippen LogP contribution in [0.3, 0.4) is 0 Å². The average molecular weight is 152 g/mol. The summed E-state index contributed by atoms with van der Waals surface area (Å²) >= 11 is 0.